The normalized spacial score (nSPS) is 11.6. The lowest BCUT2D eigenvalue weighted by atomic mass is 10.0. The van der Waals surface area contributed by atoms with Crippen molar-refractivity contribution in [3.63, 3.8) is 0 Å². The standard InChI is InChI=1S/C18H17NO3S/c1-12-4-6-14(7-5-12)17-18(22-13(2)19-17)15-8-10-16(11-9-15)23(3,20)21/h4-11H,1-3H3. The topological polar surface area (TPSA) is 60.2 Å². The van der Waals surface area contributed by atoms with Gasteiger partial charge in [0.1, 0.15) is 5.69 Å². The number of sulfone groups is 1. The van der Waals surface area contributed by atoms with Crippen molar-refractivity contribution in [2.24, 2.45) is 0 Å². The van der Waals surface area contributed by atoms with E-state index in [4.69, 9.17) is 4.42 Å². The highest BCUT2D eigenvalue weighted by Crippen LogP contribution is 2.33. The first-order valence-corrected chi connectivity index (χ1v) is 9.09. The zero-order valence-electron chi connectivity index (χ0n) is 13.2. The highest BCUT2D eigenvalue weighted by atomic mass is 32.2. The lowest BCUT2D eigenvalue weighted by molar-refractivity contribution is 0.534. The molecule has 0 N–H and O–H groups in total. The van der Waals surface area contributed by atoms with E-state index in [1.165, 1.54) is 11.8 Å². The zero-order chi connectivity index (χ0) is 16.6. The highest BCUT2D eigenvalue weighted by Gasteiger charge is 2.16. The molecule has 23 heavy (non-hydrogen) atoms. The summed E-state index contributed by atoms with van der Waals surface area (Å²) >= 11 is 0. The molecule has 0 aliphatic carbocycles. The summed E-state index contributed by atoms with van der Waals surface area (Å²) < 4.78 is 28.9. The Hall–Kier alpha value is -2.40. The van der Waals surface area contributed by atoms with Gasteiger partial charge in [-0.15, -0.1) is 0 Å². The number of hydrogen-bond donors (Lipinski definition) is 0. The number of rotatable bonds is 3. The highest BCUT2D eigenvalue weighted by molar-refractivity contribution is 7.90. The van der Waals surface area contributed by atoms with Crippen molar-refractivity contribution in [2.75, 3.05) is 6.26 Å². The van der Waals surface area contributed by atoms with Gasteiger partial charge in [0.05, 0.1) is 4.90 Å². The molecule has 3 aromatic rings. The number of oxazole rings is 1. The molecular weight excluding hydrogens is 310 g/mol. The van der Waals surface area contributed by atoms with E-state index >= 15 is 0 Å². The van der Waals surface area contributed by atoms with Gasteiger partial charge < -0.3 is 4.42 Å². The molecule has 0 unspecified atom stereocenters. The van der Waals surface area contributed by atoms with Gasteiger partial charge in [-0.05, 0) is 31.2 Å². The number of aryl methyl sites for hydroxylation is 2. The van der Waals surface area contributed by atoms with E-state index in [2.05, 4.69) is 4.98 Å². The Morgan fingerprint density at radius 3 is 2.00 bits per heavy atom. The summed E-state index contributed by atoms with van der Waals surface area (Å²) in [6.07, 6.45) is 1.19. The molecule has 0 saturated heterocycles. The van der Waals surface area contributed by atoms with Crippen LogP contribution in [0.5, 0.6) is 0 Å². The van der Waals surface area contributed by atoms with Crippen LogP contribution in [0, 0.1) is 13.8 Å². The van der Waals surface area contributed by atoms with E-state index < -0.39 is 9.84 Å². The number of nitrogens with zero attached hydrogens (tertiary/aromatic N) is 1. The van der Waals surface area contributed by atoms with Crippen molar-refractivity contribution in [1.82, 2.24) is 4.98 Å². The lowest BCUT2D eigenvalue weighted by Crippen LogP contribution is -1.96. The maximum absolute atomic E-state index is 11.6. The molecule has 0 radical (unpaired) electrons. The molecule has 3 rings (SSSR count). The van der Waals surface area contributed by atoms with Crippen LogP contribution in [-0.4, -0.2) is 19.7 Å². The van der Waals surface area contributed by atoms with E-state index in [1.54, 1.807) is 31.2 Å². The molecule has 4 nitrogen and oxygen atoms in total. The maximum atomic E-state index is 11.6. The van der Waals surface area contributed by atoms with Crippen LogP contribution in [0.1, 0.15) is 11.5 Å². The first kappa shape index (κ1) is 15.5. The Kier molecular flexibility index (Phi) is 3.82. The van der Waals surface area contributed by atoms with E-state index in [9.17, 15) is 8.42 Å². The third-order valence-electron chi connectivity index (χ3n) is 3.60. The Bertz CT molecular complexity index is 937. The van der Waals surface area contributed by atoms with Crippen LogP contribution >= 0.6 is 0 Å². The van der Waals surface area contributed by atoms with Crippen LogP contribution in [0.15, 0.2) is 57.8 Å². The molecule has 118 valence electrons. The fourth-order valence-electron chi connectivity index (χ4n) is 2.38. The molecular formula is C18H17NO3S. The van der Waals surface area contributed by atoms with Gasteiger partial charge >= 0.3 is 0 Å². The third kappa shape index (κ3) is 3.19. The molecule has 1 aromatic heterocycles. The van der Waals surface area contributed by atoms with Crippen LogP contribution < -0.4 is 0 Å². The van der Waals surface area contributed by atoms with Gasteiger partial charge in [0, 0.05) is 24.3 Å². The Labute approximate surface area is 135 Å². The largest absolute Gasteiger partial charge is 0.440 e. The number of hydrogen-bond acceptors (Lipinski definition) is 4. The Morgan fingerprint density at radius 2 is 1.43 bits per heavy atom. The first-order valence-electron chi connectivity index (χ1n) is 7.19. The van der Waals surface area contributed by atoms with Crippen LogP contribution in [0.2, 0.25) is 0 Å². The smallest absolute Gasteiger partial charge is 0.192 e. The maximum Gasteiger partial charge on any atom is 0.192 e. The van der Waals surface area contributed by atoms with Crippen molar-refractivity contribution in [2.45, 2.75) is 18.7 Å². The van der Waals surface area contributed by atoms with Gasteiger partial charge in [0.2, 0.25) is 0 Å². The minimum absolute atomic E-state index is 0.286. The van der Waals surface area contributed by atoms with E-state index in [1.807, 2.05) is 31.2 Å². The zero-order valence-corrected chi connectivity index (χ0v) is 14.0. The van der Waals surface area contributed by atoms with Crippen molar-refractivity contribution < 1.29 is 12.8 Å². The van der Waals surface area contributed by atoms with Crippen molar-refractivity contribution in [1.29, 1.82) is 0 Å². The molecule has 0 saturated carbocycles. The third-order valence-corrected chi connectivity index (χ3v) is 4.73. The fourth-order valence-corrected chi connectivity index (χ4v) is 3.01. The van der Waals surface area contributed by atoms with Crippen molar-refractivity contribution >= 4 is 9.84 Å². The molecule has 0 aliphatic rings. The van der Waals surface area contributed by atoms with Gasteiger partial charge in [0.15, 0.2) is 21.5 Å². The van der Waals surface area contributed by atoms with Crippen LogP contribution in [0.4, 0.5) is 0 Å². The fraction of sp³-hybridized carbons (Fsp3) is 0.167. The van der Waals surface area contributed by atoms with Crippen molar-refractivity contribution in [3.05, 3.63) is 60.0 Å². The summed E-state index contributed by atoms with van der Waals surface area (Å²) in [7, 11) is -3.21. The Balaban J connectivity index is 2.09. The van der Waals surface area contributed by atoms with Gasteiger partial charge in [-0.3, -0.25) is 0 Å². The summed E-state index contributed by atoms with van der Waals surface area (Å²) in [6, 6.07) is 14.7. The molecule has 0 spiro atoms. The molecule has 0 amide bonds. The van der Waals surface area contributed by atoms with Crippen LogP contribution in [0.3, 0.4) is 0 Å². The second-order valence-corrected chi connectivity index (χ2v) is 7.59. The minimum atomic E-state index is -3.21. The van der Waals surface area contributed by atoms with Gasteiger partial charge in [-0.2, -0.15) is 0 Å². The summed E-state index contributed by atoms with van der Waals surface area (Å²) in [5.41, 5.74) is 3.70. The van der Waals surface area contributed by atoms with Gasteiger partial charge in [-0.1, -0.05) is 29.8 Å². The van der Waals surface area contributed by atoms with Crippen LogP contribution in [0.25, 0.3) is 22.6 Å². The van der Waals surface area contributed by atoms with Gasteiger partial charge in [-0.25, -0.2) is 13.4 Å². The lowest BCUT2D eigenvalue weighted by Gasteiger charge is -2.04. The second kappa shape index (κ2) is 5.66. The molecule has 0 aliphatic heterocycles. The van der Waals surface area contributed by atoms with E-state index in [0.717, 1.165) is 16.8 Å². The predicted molar refractivity (Wildman–Crippen MR) is 90.0 cm³/mol. The number of benzene rings is 2. The Morgan fingerprint density at radius 1 is 0.870 bits per heavy atom. The molecule has 0 fully saturated rings. The predicted octanol–water partition coefficient (Wildman–Crippen LogP) is 4.03. The van der Waals surface area contributed by atoms with E-state index in [0.29, 0.717) is 11.7 Å². The van der Waals surface area contributed by atoms with Crippen molar-refractivity contribution in [3.8, 4) is 22.6 Å². The molecule has 0 atom stereocenters. The summed E-state index contributed by atoms with van der Waals surface area (Å²) in [4.78, 5) is 4.76. The van der Waals surface area contributed by atoms with E-state index in [-0.39, 0.29) is 4.90 Å². The van der Waals surface area contributed by atoms with Crippen LogP contribution in [-0.2, 0) is 9.84 Å². The summed E-state index contributed by atoms with van der Waals surface area (Å²) in [5, 5.41) is 0. The monoisotopic (exact) mass is 327 g/mol. The number of aromatic nitrogens is 1. The molecule has 5 heteroatoms. The van der Waals surface area contributed by atoms with Gasteiger partial charge in [0.25, 0.3) is 0 Å². The summed E-state index contributed by atoms with van der Waals surface area (Å²) in [6.45, 7) is 3.83. The first-order chi connectivity index (χ1) is 10.8. The molecule has 0 bridgehead atoms. The molecule has 2 aromatic carbocycles. The minimum Gasteiger partial charge on any atom is -0.440 e. The summed E-state index contributed by atoms with van der Waals surface area (Å²) in [5.74, 6) is 1.22. The molecule has 1 heterocycles. The quantitative estimate of drug-likeness (QED) is 0.729. The second-order valence-electron chi connectivity index (χ2n) is 5.57. The average molecular weight is 327 g/mol. The SMILES string of the molecule is Cc1ccc(-c2nc(C)oc2-c2ccc(S(C)(=O)=O)cc2)cc1. The average Bonchev–Trinajstić information content (AvgIpc) is 2.89.